The van der Waals surface area contributed by atoms with Crippen molar-refractivity contribution in [2.24, 2.45) is 5.92 Å². The van der Waals surface area contributed by atoms with E-state index in [2.05, 4.69) is 94.5 Å². The van der Waals surface area contributed by atoms with Gasteiger partial charge in [-0.15, -0.1) is 0 Å². The lowest BCUT2D eigenvalue weighted by Gasteiger charge is -2.42. The normalized spacial score (nSPS) is 14.2. The van der Waals surface area contributed by atoms with Crippen molar-refractivity contribution in [3.63, 3.8) is 0 Å². The number of aliphatic carboxylic acids is 1. The van der Waals surface area contributed by atoms with Gasteiger partial charge in [0.15, 0.2) is 8.32 Å². The van der Waals surface area contributed by atoms with Crippen LogP contribution < -0.4 is 9.47 Å². The molecule has 2 unspecified atom stereocenters. The smallest absolute Gasteiger partial charge is 0.303 e. The van der Waals surface area contributed by atoms with E-state index in [0.29, 0.717) is 0 Å². The first-order valence-corrected chi connectivity index (χ1v) is 18.4. The van der Waals surface area contributed by atoms with E-state index < -0.39 is 14.3 Å². The van der Waals surface area contributed by atoms with E-state index in [1.165, 1.54) is 11.1 Å². The fourth-order valence-electron chi connectivity index (χ4n) is 5.48. The Morgan fingerprint density at radius 2 is 1.49 bits per heavy atom. The van der Waals surface area contributed by atoms with Crippen molar-refractivity contribution in [1.82, 2.24) is 0 Å². The van der Waals surface area contributed by atoms with E-state index in [4.69, 9.17) is 13.9 Å². The van der Waals surface area contributed by atoms with Gasteiger partial charge in [0.2, 0.25) is 0 Å². The molecule has 0 aliphatic heterocycles. The maximum Gasteiger partial charge on any atom is 0.303 e. The molecular formula is C37H52O5Si. The number of carboxylic acid groups (broad SMARTS) is 1. The molecule has 234 valence electrons. The summed E-state index contributed by atoms with van der Waals surface area (Å²) in [7, 11) is 1.21. The van der Waals surface area contributed by atoms with Gasteiger partial charge in [-0.2, -0.15) is 0 Å². The number of rotatable bonds is 15. The van der Waals surface area contributed by atoms with Gasteiger partial charge in [-0.25, -0.2) is 0 Å². The van der Waals surface area contributed by atoms with Gasteiger partial charge in [0.05, 0.1) is 26.7 Å². The first-order chi connectivity index (χ1) is 20.3. The molecule has 0 fully saturated rings. The Labute approximate surface area is 260 Å². The monoisotopic (exact) mass is 604 g/mol. The second kappa shape index (κ2) is 15.1. The molecule has 3 atom stereocenters. The van der Waals surface area contributed by atoms with Crippen molar-refractivity contribution in [3.8, 4) is 11.5 Å². The molecule has 3 aromatic rings. The number of ether oxygens (including phenoxy) is 2. The molecule has 0 radical (unpaired) electrons. The molecule has 0 amide bonds. The Kier molecular flexibility index (Phi) is 12.1. The number of hydrogen-bond donors (Lipinski definition) is 1. The molecule has 3 rings (SSSR count). The van der Waals surface area contributed by atoms with Crippen molar-refractivity contribution in [2.75, 3.05) is 14.2 Å². The van der Waals surface area contributed by atoms with Crippen LogP contribution in [0.25, 0.3) is 0 Å². The zero-order chi connectivity index (χ0) is 31.8. The summed E-state index contributed by atoms with van der Waals surface area (Å²) in [6.45, 7) is 15.5. The van der Waals surface area contributed by atoms with Crippen molar-refractivity contribution in [1.29, 1.82) is 0 Å². The van der Waals surface area contributed by atoms with Crippen LogP contribution >= 0.6 is 0 Å². The van der Waals surface area contributed by atoms with Crippen LogP contribution in [0.1, 0.15) is 86.8 Å². The Morgan fingerprint density at radius 3 is 2.05 bits per heavy atom. The molecular weight excluding hydrogens is 552 g/mol. The second-order valence-corrected chi connectivity index (χ2v) is 18.2. The number of aryl methyl sites for hydroxylation is 1. The fraction of sp³-hybridized carbons (Fsp3) is 0.486. The van der Waals surface area contributed by atoms with Crippen LogP contribution in [0.15, 0.2) is 66.7 Å². The lowest BCUT2D eigenvalue weighted by atomic mass is 9.84. The number of hydrogen-bond acceptors (Lipinski definition) is 4. The standard InChI is InChI=1S/C37H52O5Si/c1-26(21-35(38)39)30-19-14-18-29(22-30)23-31(20-13-17-28-15-11-10-12-16-28)36(42-43(8,9)37(3,4)5)32-24-33(40-6)27(2)34(25-32)41-7/h10-12,14-16,18-19,22,24-26,31,36H,13,17,20-21,23H2,1-9H3,(H,38,39)/t26?,31-,36?/m1/s1. The largest absolute Gasteiger partial charge is 0.496 e. The summed E-state index contributed by atoms with van der Waals surface area (Å²) in [4.78, 5) is 11.4. The third-order valence-electron chi connectivity index (χ3n) is 9.14. The Balaban J connectivity index is 2.09. The molecule has 0 aromatic heterocycles. The van der Waals surface area contributed by atoms with Gasteiger partial charge in [0.25, 0.3) is 0 Å². The molecule has 0 spiro atoms. The summed E-state index contributed by atoms with van der Waals surface area (Å²) >= 11 is 0. The SMILES string of the molecule is COc1cc(C(O[Si](C)(C)C(C)(C)C)[C@H](CCCc2ccccc2)Cc2cccc(C(C)CC(=O)O)c2)cc(OC)c1C. The zero-order valence-corrected chi connectivity index (χ0v) is 28.7. The number of methoxy groups -OCH3 is 2. The van der Waals surface area contributed by atoms with Gasteiger partial charge in [-0.3, -0.25) is 4.79 Å². The molecule has 0 saturated carbocycles. The molecule has 0 bridgehead atoms. The zero-order valence-electron chi connectivity index (χ0n) is 27.7. The highest BCUT2D eigenvalue weighted by Gasteiger charge is 2.41. The first-order valence-electron chi connectivity index (χ1n) is 15.5. The summed E-state index contributed by atoms with van der Waals surface area (Å²) in [6.07, 6.45) is 3.77. The molecule has 5 nitrogen and oxygen atoms in total. The van der Waals surface area contributed by atoms with Crippen LogP contribution in [0.2, 0.25) is 18.1 Å². The lowest BCUT2D eigenvalue weighted by molar-refractivity contribution is -0.137. The van der Waals surface area contributed by atoms with Gasteiger partial charge in [0, 0.05) is 5.56 Å². The van der Waals surface area contributed by atoms with Gasteiger partial charge >= 0.3 is 5.97 Å². The third kappa shape index (κ3) is 9.44. The van der Waals surface area contributed by atoms with E-state index in [1.807, 2.05) is 19.9 Å². The van der Waals surface area contributed by atoms with E-state index >= 15 is 0 Å². The molecule has 0 heterocycles. The Morgan fingerprint density at radius 1 is 0.884 bits per heavy atom. The van der Waals surface area contributed by atoms with E-state index in [-0.39, 0.29) is 29.4 Å². The third-order valence-corrected chi connectivity index (χ3v) is 13.6. The van der Waals surface area contributed by atoms with Gasteiger partial charge in [-0.1, -0.05) is 82.3 Å². The van der Waals surface area contributed by atoms with Crippen molar-refractivity contribution >= 4 is 14.3 Å². The van der Waals surface area contributed by atoms with Crippen LogP contribution in [-0.2, 0) is 22.1 Å². The molecule has 0 aliphatic rings. The topological polar surface area (TPSA) is 65.0 Å². The van der Waals surface area contributed by atoms with E-state index in [0.717, 1.165) is 53.9 Å². The average molecular weight is 605 g/mol. The summed E-state index contributed by atoms with van der Waals surface area (Å²) in [6, 6.07) is 23.4. The quantitative estimate of drug-likeness (QED) is 0.175. The van der Waals surface area contributed by atoms with Crippen LogP contribution in [0.5, 0.6) is 11.5 Å². The summed E-state index contributed by atoms with van der Waals surface area (Å²) < 4.78 is 19.0. The number of carboxylic acids is 1. The van der Waals surface area contributed by atoms with E-state index in [9.17, 15) is 9.90 Å². The highest BCUT2D eigenvalue weighted by atomic mass is 28.4. The van der Waals surface area contributed by atoms with Crippen molar-refractivity contribution in [2.45, 2.75) is 96.9 Å². The van der Waals surface area contributed by atoms with Crippen LogP contribution in [-0.4, -0.2) is 33.6 Å². The Hall–Kier alpha value is -3.09. The molecule has 1 N–H and O–H groups in total. The molecule has 6 heteroatoms. The summed E-state index contributed by atoms with van der Waals surface area (Å²) in [5, 5.41) is 9.43. The molecule has 43 heavy (non-hydrogen) atoms. The Bertz CT molecular complexity index is 1300. The maximum absolute atomic E-state index is 11.4. The fourth-order valence-corrected chi connectivity index (χ4v) is 6.80. The highest BCUT2D eigenvalue weighted by molar-refractivity contribution is 6.74. The minimum absolute atomic E-state index is 0.0326. The number of benzene rings is 3. The van der Waals surface area contributed by atoms with Crippen molar-refractivity contribution in [3.05, 3.63) is 94.5 Å². The van der Waals surface area contributed by atoms with Crippen LogP contribution in [0.4, 0.5) is 0 Å². The van der Waals surface area contributed by atoms with Gasteiger partial charge < -0.3 is 19.0 Å². The lowest BCUT2D eigenvalue weighted by Crippen LogP contribution is -2.43. The predicted octanol–water partition coefficient (Wildman–Crippen LogP) is 9.54. The molecule has 0 saturated heterocycles. The molecule has 0 aliphatic carbocycles. The van der Waals surface area contributed by atoms with Crippen LogP contribution in [0.3, 0.4) is 0 Å². The second-order valence-electron chi connectivity index (χ2n) is 13.4. The summed E-state index contributed by atoms with van der Waals surface area (Å²) in [5.74, 6) is 0.942. The maximum atomic E-state index is 11.4. The predicted molar refractivity (Wildman–Crippen MR) is 179 cm³/mol. The van der Waals surface area contributed by atoms with Crippen molar-refractivity contribution < 1.29 is 23.8 Å². The van der Waals surface area contributed by atoms with E-state index in [1.54, 1.807) is 14.2 Å². The number of carbonyl (C=O) groups is 1. The van der Waals surface area contributed by atoms with Gasteiger partial charge in [0.1, 0.15) is 11.5 Å². The minimum atomic E-state index is -2.20. The highest BCUT2D eigenvalue weighted by Crippen LogP contribution is 2.45. The molecule has 3 aromatic carbocycles. The summed E-state index contributed by atoms with van der Waals surface area (Å²) in [5.41, 5.74) is 5.65. The minimum Gasteiger partial charge on any atom is -0.496 e. The van der Waals surface area contributed by atoms with Gasteiger partial charge in [-0.05, 0) is 97.0 Å². The van der Waals surface area contributed by atoms with Crippen LogP contribution in [0, 0.1) is 12.8 Å². The average Bonchev–Trinajstić information content (AvgIpc) is 2.95. The first kappa shape index (κ1) is 34.4.